The van der Waals surface area contributed by atoms with Crippen LogP contribution in [0, 0.1) is 17.0 Å². The molecule has 0 amide bonds. The molecule has 3 aliphatic rings. The third-order valence-electron chi connectivity index (χ3n) is 7.12. The number of aliphatic hydroxyl groups is 1. The normalized spacial score (nSPS) is 27.1. The molecular weight excluding hydrogens is 346 g/mol. The number of ether oxygens (including phenoxy) is 1. The van der Waals surface area contributed by atoms with Gasteiger partial charge in [0.05, 0.1) is 6.61 Å². The van der Waals surface area contributed by atoms with Crippen molar-refractivity contribution >= 4 is 0 Å². The minimum Gasteiger partial charge on any atom is -0.488 e. The van der Waals surface area contributed by atoms with E-state index in [4.69, 9.17) is 9.84 Å². The third kappa shape index (κ3) is 4.47. The van der Waals surface area contributed by atoms with Gasteiger partial charge in [-0.25, -0.2) is 8.78 Å². The molecule has 1 aromatic rings. The van der Waals surface area contributed by atoms with Crippen molar-refractivity contribution in [2.45, 2.75) is 89.4 Å². The Bertz CT molecular complexity index is 581. The van der Waals surface area contributed by atoms with Crippen LogP contribution < -0.4 is 4.74 Å². The van der Waals surface area contributed by atoms with Crippen molar-refractivity contribution in [3.63, 3.8) is 0 Å². The molecule has 3 saturated carbocycles. The van der Waals surface area contributed by atoms with Gasteiger partial charge in [-0.2, -0.15) is 0 Å². The molecule has 2 bridgehead atoms. The summed E-state index contributed by atoms with van der Waals surface area (Å²) in [7, 11) is 0. The van der Waals surface area contributed by atoms with E-state index in [2.05, 4.69) is 6.92 Å². The minimum atomic E-state index is -0.612. The molecule has 0 saturated heterocycles. The molecule has 0 aliphatic heterocycles. The fourth-order valence-corrected chi connectivity index (χ4v) is 5.24. The molecule has 0 aromatic heterocycles. The number of rotatable bonds is 10. The van der Waals surface area contributed by atoms with Crippen LogP contribution in [0.15, 0.2) is 12.1 Å². The van der Waals surface area contributed by atoms with Crippen molar-refractivity contribution in [3.8, 4) is 5.75 Å². The van der Waals surface area contributed by atoms with E-state index in [1.165, 1.54) is 63.5 Å². The van der Waals surface area contributed by atoms with Crippen LogP contribution in [0.25, 0.3) is 0 Å². The first-order valence-corrected chi connectivity index (χ1v) is 10.8. The number of halogens is 2. The van der Waals surface area contributed by atoms with E-state index in [1.807, 2.05) is 0 Å². The van der Waals surface area contributed by atoms with Crippen molar-refractivity contribution < 1.29 is 18.6 Å². The lowest BCUT2D eigenvalue weighted by Crippen LogP contribution is -2.44. The molecule has 0 heterocycles. The lowest BCUT2D eigenvalue weighted by Gasteiger charge is -2.54. The predicted octanol–water partition coefficient (Wildman–Crippen LogP) is 6.29. The van der Waals surface area contributed by atoms with Gasteiger partial charge in [-0.15, -0.1) is 0 Å². The second-order valence-corrected chi connectivity index (χ2v) is 8.79. The van der Waals surface area contributed by atoms with Gasteiger partial charge in [0, 0.05) is 13.0 Å². The number of unbranched alkanes of at least 4 members (excludes halogenated alkanes) is 3. The van der Waals surface area contributed by atoms with Gasteiger partial charge < -0.3 is 9.84 Å². The molecule has 152 valence electrons. The molecule has 2 nitrogen and oxygen atoms in total. The van der Waals surface area contributed by atoms with E-state index in [-0.39, 0.29) is 24.4 Å². The second-order valence-electron chi connectivity index (χ2n) is 8.79. The SMILES string of the molecule is CCCCCCC12CCC(c3cc(F)c(OCCCO)c(F)c3)(CC1)CC2. The zero-order chi connectivity index (χ0) is 19.3. The van der Waals surface area contributed by atoms with Crippen LogP contribution in [0.1, 0.15) is 89.5 Å². The molecule has 0 spiro atoms. The summed E-state index contributed by atoms with van der Waals surface area (Å²) in [6, 6.07) is 2.99. The summed E-state index contributed by atoms with van der Waals surface area (Å²) in [6.45, 7) is 2.31. The van der Waals surface area contributed by atoms with Crippen LogP contribution in [0.5, 0.6) is 5.75 Å². The van der Waals surface area contributed by atoms with Gasteiger partial charge in [0.1, 0.15) is 0 Å². The smallest absolute Gasteiger partial charge is 0.190 e. The Morgan fingerprint density at radius 1 is 0.926 bits per heavy atom. The van der Waals surface area contributed by atoms with Gasteiger partial charge >= 0.3 is 0 Å². The maximum atomic E-state index is 14.5. The fraction of sp³-hybridized carbons (Fsp3) is 0.739. The molecule has 1 aromatic carbocycles. The highest BCUT2D eigenvalue weighted by atomic mass is 19.1. The van der Waals surface area contributed by atoms with Gasteiger partial charge in [-0.1, -0.05) is 32.6 Å². The van der Waals surface area contributed by atoms with Gasteiger partial charge in [0.2, 0.25) is 0 Å². The van der Waals surface area contributed by atoms with E-state index < -0.39 is 11.6 Å². The number of hydrogen-bond acceptors (Lipinski definition) is 2. The van der Waals surface area contributed by atoms with Gasteiger partial charge in [-0.05, 0) is 73.5 Å². The number of aliphatic hydroxyl groups excluding tert-OH is 1. The Hall–Kier alpha value is -1.16. The van der Waals surface area contributed by atoms with Crippen molar-refractivity contribution in [3.05, 3.63) is 29.3 Å². The van der Waals surface area contributed by atoms with E-state index in [1.54, 1.807) is 0 Å². The van der Waals surface area contributed by atoms with Gasteiger partial charge in [-0.3, -0.25) is 0 Å². The maximum Gasteiger partial charge on any atom is 0.190 e. The fourth-order valence-electron chi connectivity index (χ4n) is 5.24. The largest absolute Gasteiger partial charge is 0.488 e. The van der Waals surface area contributed by atoms with Crippen LogP contribution in [0.3, 0.4) is 0 Å². The molecule has 4 heteroatoms. The summed E-state index contributed by atoms with van der Waals surface area (Å²) in [6.07, 6.45) is 13.7. The summed E-state index contributed by atoms with van der Waals surface area (Å²) >= 11 is 0. The highest BCUT2D eigenvalue weighted by Gasteiger charge is 2.49. The maximum absolute atomic E-state index is 14.5. The Balaban J connectivity index is 1.66. The molecular formula is C23H34F2O2. The first-order chi connectivity index (χ1) is 13.0. The topological polar surface area (TPSA) is 29.5 Å². The Kier molecular flexibility index (Phi) is 6.78. The van der Waals surface area contributed by atoms with E-state index >= 15 is 0 Å². The quantitative estimate of drug-likeness (QED) is 0.483. The first kappa shape index (κ1) is 20.6. The summed E-state index contributed by atoms with van der Waals surface area (Å²) in [5.74, 6) is -1.53. The molecule has 3 aliphatic carbocycles. The Morgan fingerprint density at radius 3 is 2.11 bits per heavy atom. The minimum absolute atomic E-state index is 0.0510. The van der Waals surface area contributed by atoms with Crippen LogP contribution in [0.4, 0.5) is 8.78 Å². The van der Waals surface area contributed by atoms with E-state index in [0.717, 1.165) is 24.8 Å². The first-order valence-electron chi connectivity index (χ1n) is 10.8. The van der Waals surface area contributed by atoms with Crippen LogP contribution in [-0.2, 0) is 5.41 Å². The van der Waals surface area contributed by atoms with E-state index in [0.29, 0.717) is 11.8 Å². The number of fused-ring (bicyclic) bond motifs is 3. The van der Waals surface area contributed by atoms with Gasteiger partial charge in [0.15, 0.2) is 17.4 Å². The molecule has 0 atom stereocenters. The molecule has 3 fully saturated rings. The Labute approximate surface area is 162 Å². The van der Waals surface area contributed by atoms with Crippen molar-refractivity contribution in [1.82, 2.24) is 0 Å². The van der Waals surface area contributed by atoms with Crippen LogP contribution >= 0.6 is 0 Å². The summed E-state index contributed by atoms with van der Waals surface area (Å²) in [5, 5.41) is 8.80. The van der Waals surface area contributed by atoms with Crippen molar-refractivity contribution in [2.75, 3.05) is 13.2 Å². The zero-order valence-corrected chi connectivity index (χ0v) is 16.7. The molecule has 0 unspecified atom stereocenters. The zero-order valence-electron chi connectivity index (χ0n) is 16.7. The van der Waals surface area contributed by atoms with Crippen molar-refractivity contribution in [2.24, 2.45) is 5.41 Å². The molecule has 0 radical (unpaired) electrons. The molecule has 27 heavy (non-hydrogen) atoms. The highest BCUT2D eigenvalue weighted by molar-refractivity contribution is 5.37. The van der Waals surface area contributed by atoms with E-state index in [9.17, 15) is 8.78 Å². The summed E-state index contributed by atoms with van der Waals surface area (Å²) in [5.41, 5.74) is 1.24. The standard InChI is InChI=1S/C23H34F2O2/c1-2-3-4-5-7-22-8-11-23(12-9-22,13-10-22)18-16-19(24)21(20(25)17-18)27-15-6-14-26/h16-17,26H,2-15H2,1H3. The van der Waals surface area contributed by atoms with Gasteiger partial charge in [0.25, 0.3) is 0 Å². The average Bonchev–Trinajstić information content (AvgIpc) is 2.69. The van der Waals surface area contributed by atoms with Crippen LogP contribution in [-0.4, -0.2) is 18.3 Å². The number of benzene rings is 1. The lowest BCUT2D eigenvalue weighted by molar-refractivity contribution is 0.0301. The average molecular weight is 381 g/mol. The molecule has 1 N–H and O–H groups in total. The lowest BCUT2D eigenvalue weighted by atomic mass is 9.51. The monoisotopic (exact) mass is 380 g/mol. The second kappa shape index (κ2) is 8.89. The predicted molar refractivity (Wildman–Crippen MR) is 104 cm³/mol. The summed E-state index contributed by atoms with van der Waals surface area (Å²) in [4.78, 5) is 0. The third-order valence-corrected chi connectivity index (χ3v) is 7.12. The molecule has 4 rings (SSSR count). The van der Waals surface area contributed by atoms with Crippen LogP contribution in [0.2, 0.25) is 0 Å². The Morgan fingerprint density at radius 2 is 1.56 bits per heavy atom. The number of hydrogen-bond donors (Lipinski definition) is 1. The summed E-state index contributed by atoms with van der Waals surface area (Å²) < 4.78 is 34.2. The highest BCUT2D eigenvalue weighted by Crippen LogP contribution is 2.59. The van der Waals surface area contributed by atoms with Crippen molar-refractivity contribution in [1.29, 1.82) is 0 Å².